The van der Waals surface area contributed by atoms with Crippen LogP contribution in [-0.2, 0) is 29.8 Å². The van der Waals surface area contributed by atoms with Crippen LogP contribution < -0.4 is 0 Å². The van der Waals surface area contributed by atoms with Crippen LogP contribution in [0.25, 0.3) is 0 Å². The van der Waals surface area contributed by atoms with Crippen LogP contribution in [0.2, 0.25) is 0 Å². The van der Waals surface area contributed by atoms with Crippen molar-refractivity contribution < 1.29 is 28.3 Å². The number of rotatable bonds is 15. The molecule has 0 saturated heterocycles. The molecule has 0 aliphatic rings. The van der Waals surface area contributed by atoms with Gasteiger partial charge in [0.15, 0.2) is 0 Å². The van der Waals surface area contributed by atoms with E-state index < -0.39 is 22.7 Å². The Labute approximate surface area is 129 Å². The zero-order valence-corrected chi connectivity index (χ0v) is 13.9. The average molecular weight is 324 g/mol. The molecular weight excluding hydrogens is 296 g/mol. The Hall–Kier alpha value is -0.500. The van der Waals surface area contributed by atoms with Crippen LogP contribution in [-0.4, -0.2) is 66.4 Å². The molecule has 0 fully saturated rings. The second-order valence-electron chi connectivity index (χ2n) is 4.74. The molecule has 2 unspecified atom stereocenters. The summed E-state index contributed by atoms with van der Waals surface area (Å²) in [5, 5.41) is 8.70. The van der Waals surface area contributed by atoms with Gasteiger partial charge < -0.3 is 19.3 Å². The number of unbranched alkanes of at least 4 members (excludes halogenated alkanes) is 1. The zero-order valence-electron chi connectivity index (χ0n) is 13.0. The third kappa shape index (κ3) is 14.2. The lowest BCUT2D eigenvalue weighted by Gasteiger charge is -2.08. The molecule has 0 rings (SSSR count). The Bertz CT molecular complexity index is 285. The Kier molecular flexibility index (Phi) is 14.1. The summed E-state index contributed by atoms with van der Waals surface area (Å²) >= 11 is 0. The summed E-state index contributed by atoms with van der Waals surface area (Å²) in [6.07, 6.45) is 2.20. The van der Waals surface area contributed by atoms with E-state index in [1.165, 1.54) is 0 Å². The highest BCUT2D eigenvalue weighted by molar-refractivity contribution is 7.85. The first-order valence-corrected chi connectivity index (χ1v) is 8.87. The Morgan fingerprint density at radius 1 is 1.05 bits per heavy atom. The lowest BCUT2D eigenvalue weighted by atomic mass is 10.2. The van der Waals surface area contributed by atoms with Crippen molar-refractivity contribution in [2.75, 3.05) is 51.1 Å². The predicted octanol–water partition coefficient (Wildman–Crippen LogP) is 1.31. The fourth-order valence-corrected chi connectivity index (χ4v) is 2.54. The van der Waals surface area contributed by atoms with E-state index in [-0.39, 0.29) is 5.75 Å². The molecule has 1 N–H and O–H groups in total. The van der Waals surface area contributed by atoms with Crippen molar-refractivity contribution in [3.63, 3.8) is 0 Å². The zero-order chi connectivity index (χ0) is 15.9. The minimum absolute atomic E-state index is 0.171. The number of hydrogen-bond acceptors (Lipinski definition) is 5. The fraction of sp³-hybridized carbons (Fsp3) is 0.929. The molecule has 0 saturated carbocycles. The van der Waals surface area contributed by atoms with E-state index in [1.54, 1.807) is 6.92 Å². The summed E-state index contributed by atoms with van der Waals surface area (Å²) in [5.41, 5.74) is 0. The molecule has 0 amide bonds. The summed E-state index contributed by atoms with van der Waals surface area (Å²) in [6, 6.07) is 0. The Morgan fingerprint density at radius 3 is 2.10 bits per heavy atom. The molecule has 0 aromatic rings. The topological polar surface area (TPSA) is 82.1 Å². The lowest BCUT2D eigenvalue weighted by Crippen LogP contribution is -2.20. The quantitative estimate of drug-likeness (QED) is 0.457. The normalized spacial score (nSPS) is 14.0. The summed E-state index contributed by atoms with van der Waals surface area (Å²) in [5.74, 6) is -0.970. The molecule has 0 aliphatic carbocycles. The van der Waals surface area contributed by atoms with Gasteiger partial charge in [-0.3, -0.25) is 9.00 Å². The van der Waals surface area contributed by atoms with E-state index in [9.17, 15) is 9.00 Å². The van der Waals surface area contributed by atoms with Gasteiger partial charge in [-0.2, -0.15) is 0 Å². The van der Waals surface area contributed by atoms with Crippen molar-refractivity contribution in [2.24, 2.45) is 5.92 Å². The van der Waals surface area contributed by atoms with Gasteiger partial charge in [-0.15, -0.1) is 0 Å². The van der Waals surface area contributed by atoms with Crippen LogP contribution in [0.5, 0.6) is 0 Å². The highest BCUT2D eigenvalue weighted by Gasteiger charge is 2.14. The largest absolute Gasteiger partial charge is 0.481 e. The number of carboxylic acid groups (broad SMARTS) is 1. The van der Waals surface area contributed by atoms with Crippen molar-refractivity contribution in [1.82, 2.24) is 0 Å². The van der Waals surface area contributed by atoms with Gasteiger partial charge in [0.1, 0.15) is 0 Å². The molecule has 0 bridgehead atoms. The number of carbonyl (C=O) groups is 1. The molecule has 2 atom stereocenters. The van der Waals surface area contributed by atoms with Gasteiger partial charge in [0.05, 0.1) is 39.0 Å². The standard InChI is InChI=1S/C14H28O6S/c1-3-4-5-18-6-7-19-8-9-20-10-11-21(17)12-13(2)14(15)16/h13H,3-12H2,1-2H3,(H,15,16). The number of aliphatic carboxylic acids is 1. The average Bonchev–Trinajstić information content (AvgIpc) is 2.44. The minimum atomic E-state index is -1.15. The summed E-state index contributed by atoms with van der Waals surface area (Å²) in [7, 11) is -1.15. The second kappa shape index (κ2) is 14.4. The van der Waals surface area contributed by atoms with Gasteiger partial charge in [0.2, 0.25) is 0 Å². The summed E-state index contributed by atoms with van der Waals surface area (Å²) in [4.78, 5) is 10.6. The molecule has 0 spiro atoms. The van der Waals surface area contributed by atoms with Gasteiger partial charge in [0.25, 0.3) is 0 Å². The third-order valence-corrected chi connectivity index (χ3v) is 4.19. The highest BCUT2D eigenvalue weighted by Crippen LogP contribution is 1.98. The van der Waals surface area contributed by atoms with Crippen molar-refractivity contribution in [1.29, 1.82) is 0 Å². The van der Waals surface area contributed by atoms with Gasteiger partial charge in [0, 0.05) is 28.9 Å². The SMILES string of the molecule is CCCCOCCOCCOCCS(=O)CC(C)C(=O)O. The first-order chi connectivity index (χ1) is 10.1. The van der Waals surface area contributed by atoms with Crippen molar-refractivity contribution in [3.05, 3.63) is 0 Å². The van der Waals surface area contributed by atoms with Crippen molar-refractivity contribution in [3.8, 4) is 0 Å². The van der Waals surface area contributed by atoms with E-state index in [0.717, 1.165) is 19.4 Å². The van der Waals surface area contributed by atoms with Crippen LogP contribution in [0, 0.1) is 5.92 Å². The molecule has 126 valence electrons. The maximum Gasteiger partial charge on any atom is 0.307 e. The molecular formula is C14H28O6S. The smallest absolute Gasteiger partial charge is 0.307 e. The monoisotopic (exact) mass is 324 g/mol. The Balaban J connectivity index is 3.25. The first kappa shape index (κ1) is 20.5. The Morgan fingerprint density at radius 2 is 1.57 bits per heavy atom. The number of carboxylic acids is 1. The highest BCUT2D eigenvalue weighted by atomic mass is 32.2. The van der Waals surface area contributed by atoms with E-state index in [2.05, 4.69) is 6.92 Å². The fourth-order valence-electron chi connectivity index (χ4n) is 1.37. The summed E-state index contributed by atoms with van der Waals surface area (Å²) < 4.78 is 27.5. The van der Waals surface area contributed by atoms with Gasteiger partial charge in [-0.25, -0.2) is 0 Å². The maximum absolute atomic E-state index is 11.5. The van der Waals surface area contributed by atoms with E-state index in [4.69, 9.17) is 19.3 Å². The van der Waals surface area contributed by atoms with Gasteiger partial charge >= 0.3 is 5.97 Å². The number of ether oxygens (including phenoxy) is 3. The first-order valence-electron chi connectivity index (χ1n) is 7.39. The molecule has 7 heteroatoms. The predicted molar refractivity (Wildman–Crippen MR) is 82.0 cm³/mol. The maximum atomic E-state index is 11.5. The van der Waals surface area contributed by atoms with Gasteiger partial charge in [-0.1, -0.05) is 20.3 Å². The summed E-state index contributed by atoms with van der Waals surface area (Å²) in [6.45, 7) is 6.87. The molecule has 0 aromatic carbocycles. The van der Waals surface area contributed by atoms with Crippen molar-refractivity contribution >= 4 is 16.8 Å². The van der Waals surface area contributed by atoms with Crippen LogP contribution in [0.15, 0.2) is 0 Å². The molecule has 21 heavy (non-hydrogen) atoms. The van der Waals surface area contributed by atoms with Gasteiger partial charge in [-0.05, 0) is 6.42 Å². The second-order valence-corrected chi connectivity index (χ2v) is 6.36. The van der Waals surface area contributed by atoms with E-state index in [1.807, 2.05) is 0 Å². The van der Waals surface area contributed by atoms with E-state index in [0.29, 0.717) is 38.8 Å². The lowest BCUT2D eigenvalue weighted by molar-refractivity contribution is -0.140. The molecule has 0 heterocycles. The molecule has 0 radical (unpaired) electrons. The number of hydrogen-bond donors (Lipinski definition) is 1. The molecule has 0 aliphatic heterocycles. The van der Waals surface area contributed by atoms with Crippen LogP contribution in [0.3, 0.4) is 0 Å². The van der Waals surface area contributed by atoms with Crippen LogP contribution in [0.1, 0.15) is 26.7 Å². The third-order valence-electron chi connectivity index (χ3n) is 2.70. The van der Waals surface area contributed by atoms with Crippen LogP contribution >= 0.6 is 0 Å². The molecule has 6 nitrogen and oxygen atoms in total. The van der Waals surface area contributed by atoms with Crippen LogP contribution in [0.4, 0.5) is 0 Å². The van der Waals surface area contributed by atoms with E-state index >= 15 is 0 Å². The minimum Gasteiger partial charge on any atom is -0.481 e. The molecule has 0 aromatic heterocycles. The van der Waals surface area contributed by atoms with Crippen molar-refractivity contribution in [2.45, 2.75) is 26.7 Å².